The fourth-order valence-corrected chi connectivity index (χ4v) is 5.12. The molecule has 0 spiro atoms. The van der Waals surface area contributed by atoms with E-state index in [0.717, 1.165) is 3.79 Å². The number of benzene rings is 1. The van der Waals surface area contributed by atoms with E-state index in [1.807, 2.05) is 6.07 Å². The maximum atomic E-state index is 12.3. The van der Waals surface area contributed by atoms with Crippen LogP contribution in [-0.2, 0) is 10.0 Å². The van der Waals surface area contributed by atoms with E-state index < -0.39 is 10.0 Å². The molecule has 4 nitrogen and oxygen atoms in total. The molecule has 0 saturated carbocycles. The number of hydrogen-bond acceptors (Lipinski definition) is 4. The van der Waals surface area contributed by atoms with Crippen LogP contribution in [0.15, 0.2) is 44.4 Å². The van der Waals surface area contributed by atoms with Gasteiger partial charge in [-0.2, -0.15) is 4.31 Å². The first-order chi connectivity index (χ1) is 9.91. The molecule has 1 aromatic heterocycles. The highest BCUT2D eigenvalue weighted by Crippen LogP contribution is 2.28. The molecule has 0 aliphatic heterocycles. The fourth-order valence-electron chi connectivity index (χ4n) is 1.56. The van der Waals surface area contributed by atoms with Gasteiger partial charge in [-0.15, -0.1) is 11.3 Å². The van der Waals surface area contributed by atoms with Crippen molar-refractivity contribution < 1.29 is 13.2 Å². The number of hydrogen-bond donors (Lipinski definition) is 0. The molecule has 0 aliphatic rings. The zero-order valence-corrected chi connectivity index (χ0v) is 15.1. The predicted molar refractivity (Wildman–Crippen MR) is 88.8 cm³/mol. The second-order valence-electron chi connectivity index (χ2n) is 4.16. The van der Waals surface area contributed by atoms with Crippen LogP contribution in [0.5, 0.6) is 5.75 Å². The molecule has 114 valence electrons. The van der Waals surface area contributed by atoms with E-state index in [0.29, 0.717) is 15.0 Å². The Labute approximate surface area is 141 Å². The van der Waals surface area contributed by atoms with Crippen LogP contribution in [-0.4, -0.2) is 32.9 Å². The third-order valence-corrected chi connectivity index (χ3v) is 6.97. The van der Waals surface area contributed by atoms with Crippen molar-refractivity contribution in [3.05, 3.63) is 45.2 Å². The number of ether oxygens (including phenoxy) is 1. The number of halogens is 2. The Balaban J connectivity index is 1.96. The van der Waals surface area contributed by atoms with Gasteiger partial charge >= 0.3 is 0 Å². The largest absolute Gasteiger partial charge is 0.491 e. The highest BCUT2D eigenvalue weighted by atomic mass is 79.9. The molecule has 0 radical (unpaired) electrons. The summed E-state index contributed by atoms with van der Waals surface area (Å²) < 4.78 is 32.4. The summed E-state index contributed by atoms with van der Waals surface area (Å²) in [6, 6.07) is 10.4. The lowest BCUT2D eigenvalue weighted by molar-refractivity contribution is 0.287. The van der Waals surface area contributed by atoms with Crippen molar-refractivity contribution in [1.29, 1.82) is 0 Å². The van der Waals surface area contributed by atoms with Crippen molar-refractivity contribution in [3.63, 3.8) is 0 Å². The Kier molecular flexibility index (Phi) is 5.67. The van der Waals surface area contributed by atoms with Gasteiger partial charge in [-0.3, -0.25) is 0 Å². The van der Waals surface area contributed by atoms with Crippen LogP contribution in [0, 0.1) is 0 Å². The Morgan fingerprint density at radius 1 is 1.29 bits per heavy atom. The van der Waals surface area contributed by atoms with Crippen molar-refractivity contribution >= 4 is 48.9 Å². The Bertz CT molecular complexity index is 718. The summed E-state index contributed by atoms with van der Waals surface area (Å²) in [5, 5.41) is 0.505. The minimum Gasteiger partial charge on any atom is -0.491 e. The summed E-state index contributed by atoms with van der Waals surface area (Å²) in [6.45, 7) is 0.467. The summed E-state index contributed by atoms with van der Waals surface area (Å²) in [4.78, 5) is 0. The van der Waals surface area contributed by atoms with Gasteiger partial charge in [-0.1, -0.05) is 23.7 Å². The highest BCUT2D eigenvalue weighted by Gasteiger charge is 2.22. The Morgan fingerprint density at radius 2 is 2.00 bits per heavy atom. The number of sulfonamides is 1. The molecule has 21 heavy (non-hydrogen) atoms. The summed E-state index contributed by atoms with van der Waals surface area (Å²) in [6.07, 6.45) is 0. The first-order valence-corrected chi connectivity index (χ1v) is 9.43. The molecule has 1 aromatic carbocycles. The molecule has 0 unspecified atom stereocenters. The van der Waals surface area contributed by atoms with Gasteiger partial charge in [0.1, 0.15) is 16.6 Å². The van der Waals surface area contributed by atoms with Crippen molar-refractivity contribution in [1.82, 2.24) is 4.31 Å². The second-order valence-corrected chi connectivity index (χ2v) is 9.31. The Morgan fingerprint density at radius 3 is 2.62 bits per heavy atom. The van der Waals surface area contributed by atoms with Crippen molar-refractivity contribution in [2.75, 3.05) is 20.2 Å². The Hall–Kier alpha value is -0.600. The predicted octanol–water partition coefficient (Wildman–Crippen LogP) is 3.86. The third-order valence-electron chi connectivity index (χ3n) is 2.71. The number of para-hydroxylation sites is 1. The highest BCUT2D eigenvalue weighted by molar-refractivity contribution is 9.11. The fraction of sp³-hybridized carbons (Fsp3) is 0.231. The molecule has 2 aromatic rings. The summed E-state index contributed by atoms with van der Waals surface area (Å²) in [5.41, 5.74) is 0. The molecule has 0 fully saturated rings. The lowest BCUT2D eigenvalue weighted by Crippen LogP contribution is -2.30. The van der Waals surface area contributed by atoms with E-state index in [9.17, 15) is 8.42 Å². The zero-order valence-electron chi connectivity index (χ0n) is 11.1. The first kappa shape index (κ1) is 16.8. The standard InChI is InChI=1S/C13H13BrClNO3S2/c1-16(21(17,18)13-7-6-12(14)20-13)8-9-19-11-5-3-2-4-10(11)15/h2-7H,8-9H2,1H3. The van der Waals surface area contributed by atoms with Crippen molar-refractivity contribution in [2.45, 2.75) is 4.21 Å². The summed E-state index contributed by atoms with van der Waals surface area (Å²) in [5.74, 6) is 0.545. The van der Waals surface area contributed by atoms with Crippen LogP contribution in [0.3, 0.4) is 0 Å². The van der Waals surface area contributed by atoms with Crippen LogP contribution in [0.2, 0.25) is 5.02 Å². The van der Waals surface area contributed by atoms with E-state index in [-0.39, 0.29) is 13.2 Å². The van der Waals surface area contributed by atoms with E-state index >= 15 is 0 Å². The number of nitrogens with zero attached hydrogens (tertiary/aromatic N) is 1. The van der Waals surface area contributed by atoms with Gasteiger partial charge in [-0.25, -0.2) is 8.42 Å². The lowest BCUT2D eigenvalue weighted by atomic mass is 10.3. The molecule has 0 bridgehead atoms. The van der Waals surface area contributed by atoms with Gasteiger partial charge in [0.25, 0.3) is 10.0 Å². The second kappa shape index (κ2) is 7.11. The molecule has 2 rings (SSSR count). The molecule has 0 atom stereocenters. The van der Waals surface area contributed by atoms with E-state index in [1.54, 1.807) is 30.3 Å². The maximum absolute atomic E-state index is 12.3. The molecule has 0 aliphatic carbocycles. The van der Waals surface area contributed by atoms with E-state index in [2.05, 4.69) is 15.9 Å². The average molecular weight is 411 g/mol. The molecule has 8 heteroatoms. The monoisotopic (exact) mass is 409 g/mol. The van der Waals surface area contributed by atoms with Crippen LogP contribution >= 0.6 is 38.9 Å². The van der Waals surface area contributed by atoms with Gasteiger partial charge in [0.15, 0.2) is 0 Å². The molecular weight excluding hydrogens is 398 g/mol. The number of likely N-dealkylation sites (N-methyl/N-ethyl adjacent to an activating group) is 1. The quantitative estimate of drug-likeness (QED) is 0.726. The van der Waals surface area contributed by atoms with Gasteiger partial charge in [0.2, 0.25) is 0 Å². The third kappa shape index (κ3) is 4.20. The smallest absolute Gasteiger partial charge is 0.252 e. The van der Waals surface area contributed by atoms with Crippen LogP contribution < -0.4 is 4.74 Å². The number of thiophene rings is 1. The number of rotatable bonds is 6. The average Bonchev–Trinajstić information content (AvgIpc) is 2.88. The molecule has 0 amide bonds. The first-order valence-electron chi connectivity index (χ1n) is 6.00. The SMILES string of the molecule is CN(CCOc1ccccc1Cl)S(=O)(=O)c1ccc(Br)s1. The molecule has 0 N–H and O–H groups in total. The van der Waals surface area contributed by atoms with E-state index in [4.69, 9.17) is 16.3 Å². The topological polar surface area (TPSA) is 46.6 Å². The van der Waals surface area contributed by atoms with Gasteiger partial charge < -0.3 is 4.74 Å². The van der Waals surface area contributed by atoms with Crippen LogP contribution in [0.25, 0.3) is 0 Å². The zero-order chi connectivity index (χ0) is 15.5. The van der Waals surface area contributed by atoms with Gasteiger partial charge in [-0.05, 0) is 40.2 Å². The van der Waals surface area contributed by atoms with E-state index in [1.165, 1.54) is 22.7 Å². The van der Waals surface area contributed by atoms with Crippen LogP contribution in [0.4, 0.5) is 0 Å². The van der Waals surface area contributed by atoms with Crippen molar-refractivity contribution in [3.8, 4) is 5.75 Å². The normalized spacial score (nSPS) is 11.8. The van der Waals surface area contributed by atoms with Gasteiger partial charge in [0.05, 0.1) is 8.81 Å². The summed E-state index contributed by atoms with van der Waals surface area (Å²) in [7, 11) is -1.95. The van der Waals surface area contributed by atoms with Crippen molar-refractivity contribution in [2.24, 2.45) is 0 Å². The molecule has 0 saturated heterocycles. The minimum absolute atomic E-state index is 0.228. The minimum atomic E-state index is -3.47. The van der Waals surface area contributed by atoms with Crippen LogP contribution in [0.1, 0.15) is 0 Å². The van der Waals surface area contributed by atoms with Gasteiger partial charge in [0, 0.05) is 13.6 Å². The summed E-state index contributed by atoms with van der Waals surface area (Å²) >= 11 is 10.4. The molecule has 1 heterocycles. The maximum Gasteiger partial charge on any atom is 0.252 e. The molecular formula is C13H13BrClNO3S2. The lowest BCUT2D eigenvalue weighted by Gasteiger charge is -2.16.